The van der Waals surface area contributed by atoms with Gasteiger partial charge in [-0.3, -0.25) is 14.3 Å². The molecule has 236 valence electrons. The number of hydrogen-bond acceptors (Lipinski definition) is 8. The van der Waals surface area contributed by atoms with Crippen molar-refractivity contribution in [3.63, 3.8) is 0 Å². The number of fused-ring (bicyclic) bond motifs is 2. The van der Waals surface area contributed by atoms with Crippen LogP contribution in [-0.2, 0) is 24.2 Å². The van der Waals surface area contributed by atoms with Crippen molar-refractivity contribution >= 4 is 23.6 Å². The van der Waals surface area contributed by atoms with Crippen molar-refractivity contribution in [2.24, 2.45) is 0 Å². The molecule has 1 unspecified atom stereocenters. The van der Waals surface area contributed by atoms with E-state index in [0.29, 0.717) is 35.5 Å². The largest absolute Gasteiger partial charge is 0.444 e. The van der Waals surface area contributed by atoms with Crippen LogP contribution in [0.1, 0.15) is 80.9 Å². The van der Waals surface area contributed by atoms with Crippen molar-refractivity contribution in [1.29, 1.82) is 0 Å². The highest BCUT2D eigenvalue weighted by Gasteiger charge is 2.45. The molecule has 1 atom stereocenters. The smallest absolute Gasteiger partial charge is 0.410 e. The van der Waals surface area contributed by atoms with Gasteiger partial charge < -0.3 is 14.5 Å². The van der Waals surface area contributed by atoms with Crippen molar-refractivity contribution in [2.75, 3.05) is 23.9 Å². The summed E-state index contributed by atoms with van der Waals surface area (Å²) in [5, 5.41) is 8.10. The summed E-state index contributed by atoms with van der Waals surface area (Å²) >= 11 is 0. The van der Waals surface area contributed by atoms with Gasteiger partial charge >= 0.3 is 12.3 Å². The second-order valence-corrected chi connectivity index (χ2v) is 12.5. The second-order valence-electron chi connectivity index (χ2n) is 12.5. The van der Waals surface area contributed by atoms with Gasteiger partial charge in [0.25, 0.3) is 5.91 Å². The molecular weight excluding hydrogens is 577 g/mol. The van der Waals surface area contributed by atoms with Crippen LogP contribution in [0.15, 0.2) is 24.3 Å². The quantitative estimate of drug-likeness (QED) is 0.356. The number of pyridine rings is 2. The summed E-state index contributed by atoms with van der Waals surface area (Å²) in [6.07, 6.45) is -4.31. The Balaban J connectivity index is 1.51. The fraction of sp³-hybridized carbons (Fsp3) is 0.533. The van der Waals surface area contributed by atoms with Gasteiger partial charge in [0.15, 0.2) is 5.82 Å². The number of aryl methyl sites for hydroxylation is 1. The Labute approximate surface area is 254 Å². The normalized spacial score (nSPS) is 16.7. The molecule has 0 bridgehead atoms. The number of halogens is 3. The summed E-state index contributed by atoms with van der Waals surface area (Å²) in [7, 11) is 3.48. The molecule has 0 fully saturated rings. The van der Waals surface area contributed by atoms with Crippen LogP contribution in [0.4, 0.5) is 29.6 Å². The van der Waals surface area contributed by atoms with Crippen LogP contribution in [0.3, 0.4) is 0 Å². The summed E-state index contributed by atoms with van der Waals surface area (Å²) < 4.78 is 48.4. The van der Waals surface area contributed by atoms with Gasteiger partial charge in [-0.1, -0.05) is 6.07 Å². The number of ether oxygens (including phenoxy) is 1. The minimum Gasteiger partial charge on any atom is -0.444 e. The van der Waals surface area contributed by atoms with Crippen molar-refractivity contribution in [3.05, 3.63) is 46.9 Å². The lowest BCUT2D eigenvalue weighted by atomic mass is 10.0. The predicted molar refractivity (Wildman–Crippen MR) is 157 cm³/mol. The van der Waals surface area contributed by atoms with Gasteiger partial charge in [0.2, 0.25) is 0 Å². The molecule has 2 aliphatic rings. The van der Waals surface area contributed by atoms with Crippen LogP contribution in [0, 0.1) is 0 Å². The zero-order chi connectivity index (χ0) is 32.1. The Kier molecular flexibility index (Phi) is 8.06. The zero-order valence-corrected chi connectivity index (χ0v) is 25.9. The lowest BCUT2D eigenvalue weighted by molar-refractivity contribution is -0.171. The molecule has 3 aromatic rings. The lowest BCUT2D eigenvalue weighted by Crippen LogP contribution is -2.34. The number of anilines is 2. The molecule has 0 saturated carbocycles. The summed E-state index contributed by atoms with van der Waals surface area (Å²) in [5.74, 6) is 0.762. The van der Waals surface area contributed by atoms with Crippen LogP contribution in [0.25, 0.3) is 11.5 Å². The molecule has 3 aromatic heterocycles. The van der Waals surface area contributed by atoms with Crippen LogP contribution in [0.5, 0.6) is 0 Å². The van der Waals surface area contributed by atoms with Gasteiger partial charge in [-0.2, -0.15) is 13.2 Å². The molecule has 5 heterocycles. The van der Waals surface area contributed by atoms with Crippen LogP contribution >= 0.6 is 0 Å². The molecule has 0 aromatic carbocycles. The zero-order valence-electron chi connectivity index (χ0n) is 25.9. The number of rotatable bonds is 6. The molecule has 5 rings (SSSR count). The number of carbonyl (C=O) groups excluding carboxylic acids is 2. The molecule has 0 saturated heterocycles. The number of alkyl halides is 3. The van der Waals surface area contributed by atoms with E-state index in [0.717, 1.165) is 4.57 Å². The number of aromatic nitrogens is 5. The Morgan fingerprint density at radius 2 is 1.86 bits per heavy atom. The molecule has 11 nitrogen and oxygen atoms in total. The van der Waals surface area contributed by atoms with Crippen molar-refractivity contribution < 1.29 is 27.5 Å². The molecule has 14 heteroatoms. The van der Waals surface area contributed by atoms with E-state index in [-0.39, 0.29) is 54.6 Å². The number of nitrogens with zero attached hydrogens (tertiary/aromatic N) is 8. The second kappa shape index (κ2) is 11.4. The first-order valence-electron chi connectivity index (χ1n) is 14.5. The highest BCUT2D eigenvalue weighted by atomic mass is 19.4. The number of carbonyl (C=O) groups is 2. The molecule has 2 amide bonds. The monoisotopic (exact) mass is 614 g/mol. The molecule has 2 aliphatic heterocycles. The summed E-state index contributed by atoms with van der Waals surface area (Å²) in [6.45, 7) is 9.55. The third-order valence-electron chi connectivity index (χ3n) is 7.79. The Hall–Kier alpha value is -4.23. The molecule has 0 spiro atoms. The summed E-state index contributed by atoms with van der Waals surface area (Å²) in [6, 6.07) is 4.89. The maximum absolute atomic E-state index is 13.9. The minimum atomic E-state index is -4.47. The third-order valence-corrected chi connectivity index (χ3v) is 7.79. The van der Waals surface area contributed by atoms with Gasteiger partial charge in [-0.15, -0.1) is 10.2 Å². The van der Waals surface area contributed by atoms with Gasteiger partial charge in [0.1, 0.15) is 34.8 Å². The van der Waals surface area contributed by atoms with E-state index in [1.54, 1.807) is 52.1 Å². The highest BCUT2D eigenvalue weighted by Crippen LogP contribution is 2.41. The van der Waals surface area contributed by atoms with E-state index < -0.39 is 23.9 Å². The Morgan fingerprint density at radius 1 is 1.14 bits per heavy atom. The van der Waals surface area contributed by atoms with E-state index in [4.69, 9.17) is 9.72 Å². The standard InChI is InChI=1S/C30H37F3N8O3/c1-17(2)39(7)25-14-18-19(21(35-25)16-38(6)28(43)44-29(3,4)5)15-40(27(18)42)23-12-8-10-20(34-23)26-37-36-24-13-9-11-22(41(24)26)30(31,32)33/h8,10,12,14,17,22H,9,11,13,15-16H2,1-7H3. The number of hydrogen-bond donors (Lipinski definition) is 0. The average molecular weight is 615 g/mol. The van der Waals surface area contributed by atoms with Crippen molar-refractivity contribution in [1.82, 2.24) is 29.6 Å². The van der Waals surface area contributed by atoms with Gasteiger partial charge in [-0.25, -0.2) is 14.8 Å². The van der Waals surface area contributed by atoms with Gasteiger partial charge in [0.05, 0.1) is 24.3 Å². The first-order valence-corrected chi connectivity index (χ1v) is 14.5. The van der Waals surface area contributed by atoms with E-state index >= 15 is 0 Å². The number of amides is 2. The maximum Gasteiger partial charge on any atom is 0.410 e. The fourth-order valence-corrected chi connectivity index (χ4v) is 5.33. The fourth-order valence-electron chi connectivity index (χ4n) is 5.33. The van der Waals surface area contributed by atoms with Gasteiger partial charge in [0, 0.05) is 32.1 Å². The Bertz CT molecular complexity index is 1580. The SMILES string of the molecule is CC(C)N(C)c1cc2c(c(CN(C)C(=O)OC(C)(C)C)n1)CN(c1cccc(-c3nnc4n3C(C(F)(F)F)CCC4)n1)C2=O. The van der Waals surface area contributed by atoms with E-state index in [9.17, 15) is 22.8 Å². The first kappa shape index (κ1) is 31.2. The third kappa shape index (κ3) is 6.06. The van der Waals surface area contributed by atoms with Crippen molar-refractivity contribution in [3.8, 4) is 11.5 Å². The van der Waals surface area contributed by atoms with E-state index in [2.05, 4.69) is 15.2 Å². The summed E-state index contributed by atoms with van der Waals surface area (Å²) in [4.78, 5) is 40.9. The lowest BCUT2D eigenvalue weighted by Gasteiger charge is -2.27. The van der Waals surface area contributed by atoms with Crippen LogP contribution in [-0.4, -0.2) is 73.5 Å². The molecule has 44 heavy (non-hydrogen) atoms. The molecule has 0 aliphatic carbocycles. The molecular formula is C30H37F3N8O3. The first-order chi connectivity index (χ1) is 20.5. The highest BCUT2D eigenvalue weighted by molar-refractivity contribution is 6.10. The van der Waals surface area contributed by atoms with Crippen LogP contribution < -0.4 is 9.80 Å². The summed E-state index contributed by atoms with van der Waals surface area (Å²) in [5.41, 5.74) is 1.08. The predicted octanol–water partition coefficient (Wildman–Crippen LogP) is 5.55. The maximum atomic E-state index is 13.9. The minimum absolute atomic E-state index is 0.00946. The van der Waals surface area contributed by atoms with Gasteiger partial charge in [-0.05, 0) is 65.7 Å². The molecule has 0 radical (unpaired) electrons. The molecule has 0 N–H and O–H groups in total. The average Bonchev–Trinajstić information content (AvgIpc) is 3.52. The topological polar surface area (TPSA) is 110 Å². The van der Waals surface area contributed by atoms with E-state index in [1.165, 1.54) is 9.80 Å². The Morgan fingerprint density at radius 3 is 2.52 bits per heavy atom. The van der Waals surface area contributed by atoms with Crippen LogP contribution in [0.2, 0.25) is 0 Å². The van der Waals surface area contributed by atoms with E-state index in [1.807, 2.05) is 25.8 Å². The van der Waals surface area contributed by atoms with Crippen molar-refractivity contribution in [2.45, 2.75) is 90.8 Å².